The lowest BCUT2D eigenvalue weighted by molar-refractivity contribution is 0.459. The molecule has 1 N–H and O–H groups in total. The molecule has 1 fully saturated rings. The molecule has 1 aromatic carbocycles. The predicted octanol–water partition coefficient (Wildman–Crippen LogP) is 4.42. The minimum absolute atomic E-state index is 0.0570. The first-order chi connectivity index (χ1) is 9.95. The third-order valence-electron chi connectivity index (χ3n) is 3.02. The van der Waals surface area contributed by atoms with E-state index in [2.05, 4.69) is 31.2 Å². The van der Waals surface area contributed by atoms with Crippen LogP contribution in [0.1, 0.15) is 24.6 Å². The Bertz CT molecular complexity index is 693. The molecule has 0 aliphatic heterocycles. The molecule has 0 radical (unpaired) electrons. The molecule has 8 heteroatoms. The first-order valence-corrected chi connectivity index (χ1v) is 6.89. The van der Waals surface area contributed by atoms with Crippen LogP contribution >= 0.6 is 15.9 Å². The summed E-state index contributed by atoms with van der Waals surface area (Å²) in [5, 5.41) is 2.27. The third kappa shape index (κ3) is 2.85. The molecular weight excluding hydrogens is 354 g/mol. The van der Waals surface area contributed by atoms with E-state index in [0.29, 0.717) is 10.4 Å². The van der Waals surface area contributed by atoms with Crippen LogP contribution in [0.15, 0.2) is 16.7 Å². The van der Waals surface area contributed by atoms with Crippen molar-refractivity contribution in [3.63, 3.8) is 0 Å². The Hall–Kier alpha value is -1.70. The number of hydrogen-bond acceptors (Lipinski definition) is 3. The minimum Gasteiger partial charge on any atom is -0.335 e. The van der Waals surface area contributed by atoms with Gasteiger partial charge in [-0.3, -0.25) is 0 Å². The van der Waals surface area contributed by atoms with Gasteiger partial charge in [-0.25, -0.2) is 27.5 Å². The fourth-order valence-corrected chi connectivity index (χ4v) is 2.23. The van der Waals surface area contributed by atoms with Crippen molar-refractivity contribution >= 4 is 27.4 Å². The van der Waals surface area contributed by atoms with Gasteiger partial charge in [0.25, 0.3) is 0 Å². The van der Waals surface area contributed by atoms with Crippen molar-refractivity contribution in [1.82, 2.24) is 9.97 Å². The number of hydrogen-bond donors (Lipinski definition) is 1. The second-order valence-corrected chi connectivity index (χ2v) is 5.49. The van der Waals surface area contributed by atoms with Crippen LogP contribution < -0.4 is 5.32 Å². The van der Waals surface area contributed by atoms with Crippen LogP contribution in [-0.4, -0.2) is 9.97 Å². The van der Waals surface area contributed by atoms with Gasteiger partial charge in [0.2, 0.25) is 0 Å². The molecule has 0 saturated heterocycles. The number of anilines is 2. The van der Waals surface area contributed by atoms with Gasteiger partial charge in [-0.05, 0) is 28.8 Å². The fraction of sp³-hybridized carbons (Fsp3) is 0.231. The summed E-state index contributed by atoms with van der Waals surface area (Å²) in [6.45, 7) is 0. The Kier molecular flexibility index (Phi) is 3.56. The summed E-state index contributed by atoms with van der Waals surface area (Å²) >= 11 is 3.16. The molecule has 3 rings (SSSR count). The first kappa shape index (κ1) is 14.2. The van der Waals surface area contributed by atoms with E-state index in [1.54, 1.807) is 0 Å². The molecule has 0 atom stereocenters. The SMILES string of the molecule is Fc1cc(F)c(F)c(Nc2cc(Br)nc(C3CC3)n2)c1F. The van der Waals surface area contributed by atoms with Gasteiger partial charge in [-0.2, -0.15) is 0 Å². The largest absolute Gasteiger partial charge is 0.335 e. The van der Waals surface area contributed by atoms with Gasteiger partial charge in [-0.1, -0.05) is 0 Å². The van der Waals surface area contributed by atoms with Gasteiger partial charge < -0.3 is 5.32 Å². The molecule has 21 heavy (non-hydrogen) atoms. The maximum absolute atomic E-state index is 13.6. The number of rotatable bonds is 3. The molecule has 1 aliphatic rings. The smallest absolute Gasteiger partial charge is 0.185 e. The van der Waals surface area contributed by atoms with E-state index in [-0.39, 0.29) is 17.8 Å². The van der Waals surface area contributed by atoms with Crippen LogP contribution in [0.3, 0.4) is 0 Å². The standard InChI is InChI=1S/C13H8BrF4N3/c14-8-4-9(21-13(19-8)5-1-2-5)20-12-10(17)6(15)3-7(16)11(12)18/h3-5H,1-2H2,(H,19,20,21). The third-order valence-corrected chi connectivity index (χ3v) is 3.43. The zero-order valence-electron chi connectivity index (χ0n) is 10.4. The van der Waals surface area contributed by atoms with E-state index < -0.39 is 29.0 Å². The molecule has 1 aliphatic carbocycles. The van der Waals surface area contributed by atoms with E-state index in [9.17, 15) is 17.6 Å². The number of aromatic nitrogens is 2. The average molecular weight is 362 g/mol. The second-order valence-electron chi connectivity index (χ2n) is 4.68. The Morgan fingerprint density at radius 1 is 1.00 bits per heavy atom. The van der Waals surface area contributed by atoms with Gasteiger partial charge in [0.15, 0.2) is 23.3 Å². The lowest BCUT2D eigenvalue weighted by Gasteiger charge is -2.10. The van der Waals surface area contributed by atoms with E-state index >= 15 is 0 Å². The molecule has 110 valence electrons. The van der Waals surface area contributed by atoms with Crippen LogP contribution in [0.4, 0.5) is 29.1 Å². The molecule has 0 bridgehead atoms. The first-order valence-electron chi connectivity index (χ1n) is 6.10. The Balaban J connectivity index is 2.00. The summed E-state index contributed by atoms with van der Waals surface area (Å²) in [5.74, 6) is -5.18. The number of benzene rings is 1. The number of halogens is 5. The van der Waals surface area contributed by atoms with Crippen molar-refractivity contribution in [2.75, 3.05) is 5.32 Å². The summed E-state index contributed by atoms with van der Waals surface area (Å²) in [4.78, 5) is 8.25. The van der Waals surface area contributed by atoms with Crippen LogP contribution in [0.5, 0.6) is 0 Å². The van der Waals surface area contributed by atoms with Gasteiger partial charge in [-0.15, -0.1) is 0 Å². The van der Waals surface area contributed by atoms with Crippen molar-refractivity contribution in [2.24, 2.45) is 0 Å². The highest BCUT2D eigenvalue weighted by Crippen LogP contribution is 2.39. The monoisotopic (exact) mass is 361 g/mol. The summed E-state index contributed by atoms with van der Waals surface area (Å²) in [5.41, 5.74) is -0.917. The summed E-state index contributed by atoms with van der Waals surface area (Å²) in [7, 11) is 0. The van der Waals surface area contributed by atoms with Crippen molar-refractivity contribution in [2.45, 2.75) is 18.8 Å². The topological polar surface area (TPSA) is 37.8 Å². The minimum atomic E-state index is -1.50. The normalized spacial score (nSPS) is 14.3. The average Bonchev–Trinajstić information content (AvgIpc) is 3.25. The second kappa shape index (κ2) is 5.25. The molecule has 0 spiro atoms. The number of nitrogens with one attached hydrogen (secondary N) is 1. The lowest BCUT2D eigenvalue weighted by atomic mass is 10.2. The van der Waals surface area contributed by atoms with Crippen molar-refractivity contribution in [3.8, 4) is 0 Å². The zero-order chi connectivity index (χ0) is 15.1. The molecule has 0 unspecified atom stereocenters. The predicted molar refractivity (Wildman–Crippen MR) is 71.3 cm³/mol. The summed E-state index contributed by atoms with van der Waals surface area (Å²) in [6.07, 6.45) is 1.88. The molecule has 1 aromatic heterocycles. The van der Waals surface area contributed by atoms with Crippen molar-refractivity contribution in [1.29, 1.82) is 0 Å². The molecule has 1 saturated carbocycles. The quantitative estimate of drug-likeness (QED) is 0.499. The van der Waals surface area contributed by atoms with Crippen LogP contribution in [-0.2, 0) is 0 Å². The van der Waals surface area contributed by atoms with Crippen LogP contribution in [0, 0.1) is 23.3 Å². The van der Waals surface area contributed by atoms with Gasteiger partial charge >= 0.3 is 0 Å². The van der Waals surface area contributed by atoms with Gasteiger partial charge in [0, 0.05) is 18.1 Å². The Labute approximate surface area is 125 Å². The molecule has 0 amide bonds. The van der Waals surface area contributed by atoms with E-state index in [1.165, 1.54) is 6.07 Å². The van der Waals surface area contributed by atoms with Crippen LogP contribution in [0.2, 0.25) is 0 Å². The number of nitrogens with zero attached hydrogens (tertiary/aromatic N) is 2. The Morgan fingerprint density at radius 2 is 1.62 bits per heavy atom. The van der Waals surface area contributed by atoms with E-state index in [1.807, 2.05) is 0 Å². The summed E-state index contributed by atoms with van der Waals surface area (Å²) in [6, 6.07) is 1.52. The molecule has 2 aromatic rings. The van der Waals surface area contributed by atoms with Gasteiger partial charge in [0.1, 0.15) is 21.9 Å². The summed E-state index contributed by atoms with van der Waals surface area (Å²) < 4.78 is 53.9. The van der Waals surface area contributed by atoms with Gasteiger partial charge in [0.05, 0.1) is 0 Å². The highest BCUT2D eigenvalue weighted by molar-refractivity contribution is 9.10. The highest BCUT2D eigenvalue weighted by atomic mass is 79.9. The Morgan fingerprint density at radius 3 is 2.19 bits per heavy atom. The highest BCUT2D eigenvalue weighted by Gasteiger charge is 2.27. The maximum Gasteiger partial charge on any atom is 0.185 e. The van der Waals surface area contributed by atoms with E-state index in [0.717, 1.165) is 12.8 Å². The zero-order valence-corrected chi connectivity index (χ0v) is 12.0. The maximum atomic E-state index is 13.6. The molecule has 3 nitrogen and oxygen atoms in total. The molecular formula is C13H8BrF4N3. The fourth-order valence-electron chi connectivity index (χ4n) is 1.83. The van der Waals surface area contributed by atoms with E-state index in [4.69, 9.17) is 0 Å². The lowest BCUT2D eigenvalue weighted by Crippen LogP contribution is -2.05. The van der Waals surface area contributed by atoms with Crippen molar-refractivity contribution in [3.05, 3.63) is 45.8 Å². The molecule has 1 heterocycles. The van der Waals surface area contributed by atoms with Crippen LogP contribution in [0.25, 0.3) is 0 Å². The van der Waals surface area contributed by atoms with Crippen molar-refractivity contribution < 1.29 is 17.6 Å².